The van der Waals surface area contributed by atoms with E-state index in [4.69, 9.17) is 0 Å². The highest BCUT2D eigenvalue weighted by Crippen LogP contribution is 2.26. The molecule has 8 nitrogen and oxygen atoms in total. The summed E-state index contributed by atoms with van der Waals surface area (Å²) in [4.78, 5) is 18.1. The highest BCUT2D eigenvalue weighted by molar-refractivity contribution is 7.93. The number of amides is 1. The Morgan fingerprint density at radius 3 is 2.79 bits per heavy atom. The van der Waals surface area contributed by atoms with E-state index in [1.54, 1.807) is 25.2 Å². The molecule has 1 aliphatic heterocycles. The number of carbonyl (C=O) groups is 1. The van der Waals surface area contributed by atoms with Gasteiger partial charge in [0.05, 0.1) is 18.0 Å². The molecule has 0 saturated carbocycles. The maximum atomic E-state index is 12.6. The van der Waals surface area contributed by atoms with Crippen molar-refractivity contribution in [3.63, 3.8) is 0 Å². The molecular formula is C15H19N5O3S. The number of rotatable bonds is 4. The summed E-state index contributed by atoms with van der Waals surface area (Å²) in [5.74, 6) is 0.620. The van der Waals surface area contributed by atoms with Crippen molar-refractivity contribution >= 4 is 21.6 Å². The van der Waals surface area contributed by atoms with Gasteiger partial charge >= 0.3 is 0 Å². The van der Waals surface area contributed by atoms with Crippen LogP contribution in [-0.2, 0) is 16.6 Å². The van der Waals surface area contributed by atoms with E-state index >= 15 is 0 Å². The molecule has 1 saturated heterocycles. The average molecular weight is 349 g/mol. The third kappa shape index (κ3) is 3.12. The predicted molar refractivity (Wildman–Crippen MR) is 89.1 cm³/mol. The van der Waals surface area contributed by atoms with Gasteiger partial charge in [0.25, 0.3) is 5.91 Å². The molecule has 3 rings (SSSR count). The first kappa shape index (κ1) is 16.4. The highest BCUT2D eigenvalue weighted by atomic mass is 32.2. The van der Waals surface area contributed by atoms with Crippen molar-refractivity contribution in [2.24, 2.45) is 0 Å². The number of benzene rings is 1. The molecule has 0 unspecified atom stereocenters. The second kappa shape index (κ2) is 6.23. The molecule has 1 amide bonds. The van der Waals surface area contributed by atoms with Crippen LogP contribution in [0.2, 0.25) is 0 Å². The minimum absolute atomic E-state index is 0.153. The summed E-state index contributed by atoms with van der Waals surface area (Å²) >= 11 is 0. The summed E-state index contributed by atoms with van der Waals surface area (Å²) in [7, 11) is -1.54. The Morgan fingerprint density at radius 2 is 2.21 bits per heavy atom. The molecule has 0 spiro atoms. The number of anilines is 1. The molecule has 24 heavy (non-hydrogen) atoms. The van der Waals surface area contributed by atoms with E-state index in [2.05, 4.69) is 15.2 Å². The van der Waals surface area contributed by atoms with Crippen LogP contribution >= 0.6 is 0 Å². The van der Waals surface area contributed by atoms with Gasteiger partial charge in [0, 0.05) is 19.2 Å². The van der Waals surface area contributed by atoms with Gasteiger partial charge in [-0.15, -0.1) is 0 Å². The van der Waals surface area contributed by atoms with Crippen LogP contribution < -0.4 is 4.31 Å². The van der Waals surface area contributed by atoms with Gasteiger partial charge in [-0.25, -0.2) is 13.4 Å². The Bertz CT molecular complexity index is 848. The molecule has 0 aliphatic carbocycles. The van der Waals surface area contributed by atoms with E-state index in [9.17, 15) is 13.2 Å². The third-order valence-corrected chi connectivity index (χ3v) is 5.90. The maximum Gasteiger partial charge on any atom is 0.254 e. The molecular weight excluding hydrogens is 330 g/mol. The van der Waals surface area contributed by atoms with Crippen molar-refractivity contribution in [2.75, 3.05) is 23.7 Å². The van der Waals surface area contributed by atoms with E-state index in [1.807, 2.05) is 6.92 Å². The average Bonchev–Trinajstić information content (AvgIpc) is 3.15. The number of nitrogens with zero attached hydrogens (tertiary/aromatic N) is 4. The summed E-state index contributed by atoms with van der Waals surface area (Å²) in [5.41, 5.74) is 1.89. The van der Waals surface area contributed by atoms with Crippen LogP contribution in [0.15, 0.2) is 24.5 Å². The molecule has 2 heterocycles. The second-order valence-corrected chi connectivity index (χ2v) is 7.85. The van der Waals surface area contributed by atoms with Crippen molar-refractivity contribution in [1.29, 1.82) is 0 Å². The molecule has 1 fully saturated rings. The lowest BCUT2D eigenvalue weighted by molar-refractivity contribution is 0.0781. The summed E-state index contributed by atoms with van der Waals surface area (Å²) in [6.07, 6.45) is 2.02. The first-order valence-corrected chi connectivity index (χ1v) is 9.20. The summed E-state index contributed by atoms with van der Waals surface area (Å²) in [6.45, 7) is 2.61. The summed E-state index contributed by atoms with van der Waals surface area (Å²) < 4.78 is 25.4. The van der Waals surface area contributed by atoms with Crippen molar-refractivity contribution in [3.8, 4) is 0 Å². The van der Waals surface area contributed by atoms with Gasteiger partial charge in [0.1, 0.15) is 12.2 Å². The second-order valence-electron chi connectivity index (χ2n) is 5.83. The molecule has 1 aromatic heterocycles. The Morgan fingerprint density at radius 1 is 1.42 bits per heavy atom. The third-order valence-electron chi connectivity index (χ3n) is 4.03. The lowest BCUT2D eigenvalue weighted by atomic mass is 10.1. The van der Waals surface area contributed by atoms with Crippen molar-refractivity contribution in [3.05, 3.63) is 41.5 Å². The van der Waals surface area contributed by atoms with Gasteiger partial charge in [-0.3, -0.25) is 14.2 Å². The molecule has 0 radical (unpaired) electrons. The number of aryl methyl sites for hydroxylation is 1. The number of hydrogen-bond acceptors (Lipinski definition) is 5. The molecule has 1 aromatic carbocycles. The number of carbonyl (C=O) groups excluding carboxylic acids is 1. The van der Waals surface area contributed by atoms with Crippen LogP contribution in [0.25, 0.3) is 0 Å². The van der Waals surface area contributed by atoms with E-state index < -0.39 is 10.0 Å². The number of sulfonamides is 1. The number of hydrogen-bond donors (Lipinski definition) is 1. The quantitative estimate of drug-likeness (QED) is 0.885. The largest absolute Gasteiger partial charge is 0.334 e. The van der Waals surface area contributed by atoms with Crippen molar-refractivity contribution in [2.45, 2.75) is 19.9 Å². The Hall–Kier alpha value is -2.42. The normalized spacial score (nSPS) is 16.3. The number of aromatic amines is 1. The van der Waals surface area contributed by atoms with E-state index in [0.29, 0.717) is 36.6 Å². The highest BCUT2D eigenvalue weighted by Gasteiger charge is 2.29. The molecule has 2 aromatic rings. The Labute approximate surface area is 140 Å². The van der Waals surface area contributed by atoms with Crippen LogP contribution in [-0.4, -0.2) is 53.8 Å². The molecule has 0 atom stereocenters. The SMILES string of the molecule is Cc1cc(N2CCCS2(=O)=O)ccc1C(=O)N(C)Cc1ncn[nH]1. The van der Waals surface area contributed by atoms with Gasteiger partial charge < -0.3 is 4.90 Å². The number of nitrogens with one attached hydrogen (secondary N) is 1. The predicted octanol–water partition coefficient (Wildman–Crippen LogP) is 0.925. The molecule has 0 bridgehead atoms. The van der Waals surface area contributed by atoms with Crippen LogP contribution in [0.5, 0.6) is 0 Å². The van der Waals surface area contributed by atoms with E-state index in [1.165, 1.54) is 15.5 Å². The first-order chi connectivity index (χ1) is 11.4. The number of H-pyrrole nitrogens is 1. The van der Waals surface area contributed by atoms with Crippen LogP contribution in [0.4, 0.5) is 5.69 Å². The smallest absolute Gasteiger partial charge is 0.254 e. The van der Waals surface area contributed by atoms with Crippen molar-refractivity contribution in [1.82, 2.24) is 20.1 Å². The standard InChI is InChI=1S/C15H19N5O3S/c1-11-8-12(20-6-3-7-24(20,22)23)4-5-13(11)15(21)19(2)9-14-16-10-17-18-14/h4-5,8,10H,3,6-7,9H2,1-2H3,(H,16,17,18). The van der Waals surface area contributed by atoms with Crippen LogP contribution in [0.3, 0.4) is 0 Å². The monoisotopic (exact) mass is 349 g/mol. The zero-order chi connectivity index (χ0) is 17.3. The zero-order valence-corrected chi connectivity index (χ0v) is 14.4. The van der Waals surface area contributed by atoms with E-state index in [0.717, 1.165) is 5.56 Å². The van der Waals surface area contributed by atoms with Gasteiger partial charge in [0.2, 0.25) is 10.0 Å². The molecule has 128 valence electrons. The zero-order valence-electron chi connectivity index (χ0n) is 13.6. The summed E-state index contributed by atoms with van der Waals surface area (Å²) in [5, 5.41) is 6.47. The first-order valence-electron chi connectivity index (χ1n) is 7.59. The Balaban J connectivity index is 1.80. The van der Waals surface area contributed by atoms with Crippen LogP contribution in [0, 0.1) is 6.92 Å². The fourth-order valence-electron chi connectivity index (χ4n) is 2.78. The van der Waals surface area contributed by atoms with Crippen LogP contribution in [0.1, 0.15) is 28.2 Å². The summed E-state index contributed by atoms with van der Waals surface area (Å²) in [6, 6.07) is 5.11. The Kier molecular flexibility index (Phi) is 4.27. The molecule has 1 aliphatic rings. The fourth-order valence-corrected chi connectivity index (χ4v) is 4.34. The topological polar surface area (TPSA) is 99.3 Å². The lowest BCUT2D eigenvalue weighted by Gasteiger charge is -2.20. The van der Waals surface area contributed by atoms with Crippen molar-refractivity contribution < 1.29 is 13.2 Å². The lowest BCUT2D eigenvalue weighted by Crippen LogP contribution is -2.28. The van der Waals surface area contributed by atoms with Gasteiger partial charge in [-0.2, -0.15) is 5.10 Å². The number of aromatic nitrogens is 3. The van der Waals surface area contributed by atoms with Gasteiger partial charge in [-0.1, -0.05) is 0 Å². The van der Waals surface area contributed by atoms with Gasteiger partial charge in [0.15, 0.2) is 0 Å². The maximum absolute atomic E-state index is 12.6. The molecule has 1 N–H and O–H groups in total. The molecule has 9 heteroatoms. The minimum atomic E-state index is -3.22. The minimum Gasteiger partial charge on any atom is -0.334 e. The fraction of sp³-hybridized carbons (Fsp3) is 0.400. The van der Waals surface area contributed by atoms with E-state index in [-0.39, 0.29) is 11.7 Å². The van der Waals surface area contributed by atoms with Gasteiger partial charge in [-0.05, 0) is 37.1 Å².